The number of nitrogens with zero attached hydrogens (tertiary/aromatic N) is 4. The molecule has 0 radical (unpaired) electrons. The molecule has 164 valence electrons. The van der Waals surface area contributed by atoms with E-state index in [0.717, 1.165) is 0 Å². The molecule has 1 aliphatic rings. The molecule has 0 bridgehead atoms. The Hall–Kier alpha value is -3.76. The molecule has 1 saturated heterocycles. The van der Waals surface area contributed by atoms with E-state index in [1.165, 1.54) is 19.5 Å². The van der Waals surface area contributed by atoms with Gasteiger partial charge in [-0.25, -0.2) is 14.8 Å². The summed E-state index contributed by atoms with van der Waals surface area (Å²) in [5, 5.41) is 14.8. The molecule has 1 aromatic heterocycles. The molecule has 3 rings (SSSR count). The first-order chi connectivity index (χ1) is 14.9. The molecule has 1 N–H and O–H groups in total. The molecular formula is C20H23N5O6. The highest BCUT2D eigenvalue weighted by atomic mass is 16.6. The molecule has 0 unspecified atom stereocenters. The summed E-state index contributed by atoms with van der Waals surface area (Å²) in [7, 11) is 1.35. The Balaban J connectivity index is 1.85. The SMILES string of the molecule is CCOC(=O)c1cccc(Nc2ncnc(N3CCC(C(=O)OC)CC3)c2[N+](=O)[O-])c1. The van der Waals surface area contributed by atoms with Gasteiger partial charge in [-0.15, -0.1) is 0 Å². The van der Waals surface area contributed by atoms with Crippen molar-refractivity contribution >= 4 is 34.9 Å². The first kappa shape index (κ1) is 21.9. The van der Waals surface area contributed by atoms with Gasteiger partial charge in [-0.1, -0.05) is 6.07 Å². The van der Waals surface area contributed by atoms with E-state index in [1.807, 2.05) is 0 Å². The van der Waals surface area contributed by atoms with Crippen LogP contribution in [-0.2, 0) is 14.3 Å². The number of rotatable bonds is 7. The standard InChI is InChI=1S/C20H23N5O6/c1-3-31-20(27)14-5-4-6-15(11-14)23-17-16(25(28)29)18(22-12-21-17)24-9-7-13(8-10-24)19(26)30-2/h4-6,11-13H,3,7-10H2,1-2H3,(H,21,22,23). The summed E-state index contributed by atoms with van der Waals surface area (Å²) in [6, 6.07) is 6.43. The van der Waals surface area contributed by atoms with Crippen molar-refractivity contribution in [1.82, 2.24) is 9.97 Å². The van der Waals surface area contributed by atoms with Gasteiger partial charge in [0.25, 0.3) is 0 Å². The fraction of sp³-hybridized carbons (Fsp3) is 0.400. The molecular weight excluding hydrogens is 406 g/mol. The number of aromatic nitrogens is 2. The maximum atomic E-state index is 12.0. The van der Waals surface area contributed by atoms with Crippen LogP contribution in [0.15, 0.2) is 30.6 Å². The molecule has 0 amide bonds. The normalized spacial score (nSPS) is 14.1. The van der Waals surface area contributed by atoms with Crippen molar-refractivity contribution in [3.8, 4) is 0 Å². The highest BCUT2D eigenvalue weighted by molar-refractivity contribution is 5.91. The number of esters is 2. The first-order valence-electron chi connectivity index (χ1n) is 9.81. The Morgan fingerprint density at radius 2 is 2.03 bits per heavy atom. The zero-order valence-electron chi connectivity index (χ0n) is 17.2. The number of methoxy groups -OCH3 is 1. The lowest BCUT2D eigenvalue weighted by Crippen LogP contribution is -2.37. The van der Waals surface area contributed by atoms with Crippen LogP contribution in [0.5, 0.6) is 0 Å². The van der Waals surface area contributed by atoms with Crippen LogP contribution >= 0.6 is 0 Å². The minimum atomic E-state index is -0.542. The molecule has 2 heterocycles. The van der Waals surface area contributed by atoms with Gasteiger partial charge in [0.1, 0.15) is 6.33 Å². The summed E-state index contributed by atoms with van der Waals surface area (Å²) >= 11 is 0. The molecule has 0 spiro atoms. The molecule has 11 heteroatoms. The van der Waals surface area contributed by atoms with Gasteiger partial charge in [0.15, 0.2) is 0 Å². The zero-order chi connectivity index (χ0) is 22.4. The Kier molecular flexibility index (Phi) is 6.96. The van der Waals surface area contributed by atoms with Crippen molar-refractivity contribution in [2.75, 3.05) is 37.0 Å². The summed E-state index contributed by atoms with van der Waals surface area (Å²) in [5.74, 6) is -0.818. The van der Waals surface area contributed by atoms with E-state index in [-0.39, 0.29) is 35.8 Å². The average molecular weight is 429 g/mol. The summed E-state index contributed by atoms with van der Waals surface area (Å²) in [4.78, 5) is 45.0. The zero-order valence-corrected chi connectivity index (χ0v) is 17.2. The molecule has 11 nitrogen and oxygen atoms in total. The molecule has 2 aromatic rings. The van der Waals surface area contributed by atoms with Crippen molar-refractivity contribution in [1.29, 1.82) is 0 Å². The number of piperidine rings is 1. The third kappa shape index (κ3) is 5.05. The average Bonchev–Trinajstić information content (AvgIpc) is 2.78. The molecule has 31 heavy (non-hydrogen) atoms. The Labute approximate surface area is 178 Å². The van der Waals surface area contributed by atoms with Crippen LogP contribution in [0.2, 0.25) is 0 Å². The molecule has 1 aliphatic heterocycles. The lowest BCUT2D eigenvalue weighted by molar-refractivity contribution is -0.383. The summed E-state index contributed by atoms with van der Waals surface area (Å²) < 4.78 is 9.77. The highest BCUT2D eigenvalue weighted by Gasteiger charge is 2.32. The second-order valence-corrected chi connectivity index (χ2v) is 6.86. The molecule has 0 atom stereocenters. The Morgan fingerprint density at radius 1 is 1.29 bits per heavy atom. The van der Waals surface area contributed by atoms with E-state index in [4.69, 9.17) is 9.47 Å². The van der Waals surface area contributed by atoms with Crippen molar-refractivity contribution in [2.45, 2.75) is 19.8 Å². The van der Waals surface area contributed by atoms with E-state index in [9.17, 15) is 19.7 Å². The van der Waals surface area contributed by atoms with E-state index in [0.29, 0.717) is 37.2 Å². The minimum Gasteiger partial charge on any atom is -0.469 e. The number of carbonyl (C=O) groups is 2. The number of nitrogens with one attached hydrogen (secondary N) is 1. The van der Waals surface area contributed by atoms with Gasteiger partial charge >= 0.3 is 17.6 Å². The summed E-state index contributed by atoms with van der Waals surface area (Å²) in [6.07, 6.45) is 2.27. The maximum Gasteiger partial charge on any atom is 0.353 e. The second kappa shape index (κ2) is 9.83. The van der Waals surface area contributed by atoms with E-state index in [1.54, 1.807) is 30.0 Å². The predicted molar refractivity (Wildman–Crippen MR) is 111 cm³/mol. The molecule has 0 aliphatic carbocycles. The third-order valence-electron chi connectivity index (χ3n) is 4.95. The van der Waals surface area contributed by atoms with E-state index < -0.39 is 10.9 Å². The van der Waals surface area contributed by atoms with Crippen LogP contribution in [0.1, 0.15) is 30.1 Å². The van der Waals surface area contributed by atoms with Crippen molar-refractivity contribution < 1.29 is 24.0 Å². The predicted octanol–water partition coefficient (Wildman–Crippen LogP) is 2.69. The third-order valence-corrected chi connectivity index (χ3v) is 4.95. The number of ether oxygens (including phenoxy) is 2. The van der Waals surface area contributed by atoms with Gasteiger partial charge in [0, 0.05) is 18.8 Å². The van der Waals surface area contributed by atoms with Crippen molar-refractivity contribution in [3.63, 3.8) is 0 Å². The Bertz CT molecular complexity index is 974. The second-order valence-electron chi connectivity index (χ2n) is 6.86. The lowest BCUT2D eigenvalue weighted by Gasteiger charge is -2.31. The minimum absolute atomic E-state index is 0.00565. The number of anilines is 3. The Morgan fingerprint density at radius 3 is 2.68 bits per heavy atom. The largest absolute Gasteiger partial charge is 0.469 e. The fourth-order valence-corrected chi connectivity index (χ4v) is 3.43. The number of hydrogen-bond donors (Lipinski definition) is 1. The van der Waals surface area contributed by atoms with Crippen LogP contribution in [0.3, 0.4) is 0 Å². The van der Waals surface area contributed by atoms with Gasteiger partial charge in [0.2, 0.25) is 11.6 Å². The van der Waals surface area contributed by atoms with Gasteiger partial charge in [-0.2, -0.15) is 0 Å². The van der Waals surface area contributed by atoms with Gasteiger partial charge in [-0.05, 0) is 38.0 Å². The smallest absolute Gasteiger partial charge is 0.353 e. The van der Waals surface area contributed by atoms with Crippen LogP contribution in [0.25, 0.3) is 0 Å². The van der Waals surface area contributed by atoms with Gasteiger partial charge in [0.05, 0.1) is 30.1 Å². The lowest BCUT2D eigenvalue weighted by atomic mass is 9.97. The van der Waals surface area contributed by atoms with E-state index >= 15 is 0 Å². The number of nitro groups is 1. The van der Waals surface area contributed by atoms with Crippen molar-refractivity contribution in [3.05, 3.63) is 46.3 Å². The monoisotopic (exact) mass is 429 g/mol. The molecule has 1 aromatic carbocycles. The topological polar surface area (TPSA) is 137 Å². The van der Waals surface area contributed by atoms with Gasteiger partial charge in [-0.3, -0.25) is 14.9 Å². The maximum absolute atomic E-state index is 12.0. The van der Waals surface area contributed by atoms with Crippen LogP contribution in [0.4, 0.5) is 23.0 Å². The quantitative estimate of drug-likeness (QED) is 0.397. The van der Waals surface area contributed by atoms with Crippen LogP contribution in [-0.4, -0.2) is 53.6 Å². The summed E-state index contributed by atoms with van der Waals surface area (Å²) in [5.41, 5.74) is 0.483. The van der Waals surface area contributed by atoms with Gasteiger partial charge < -0.3 is 19.7 Å². The molecule has 0 saturated carbocycles. The fourth-order valence-electron chi connectivity index (χ4n) is 3.43. The number of hydrogen-bond acceptors (Lipinski definition) is 10. The first-order valence-corrected chi connectivity index (χ1v) is 9.81. The molecule has 1 fully saturated rings. The number of carbonyl (C=O) groups excluding carboxylic acids is 2. The number of benzene rings is 1. The summed E-state index contributed by atoms with van der Waals surface area (Å²) in [6.45, 7) is 2.80. The van der Waals surface area contributed by atoms with Crippen LogP contribution < -0.4 is 10.2 Å². The van der Waals surface area contributed by atoms with Crippen LogP contribution in [0, 0.1) is 16.0 Å². The highest BCUT2D eigenvalue weighted by Crippen LogP contribution is 2.35. The van der Waals surface area contributed by atoms with Crippen molar-refractivity contribution in [2.24, 2.45) is 5.92 Å². The van der Waals surface area contributed by atoms with E-state index in [2.05, 4.69) is 15.3 Å².